The van der Waals surface area contributed by atoms with E-state index in [1.807, 2.05) is 0 Å². The predicted octanol–water partition coefficient (Wildman–Crippen LogP) is 2.64. The van der Waals surface area contributed by atoms with Gasteiger partial charge in [-0.2, -0.15) is 4.31 Å². The standard InChI is InChI=1S/C15H20ClNO3S/c16-15-6-5-14(7-13(15)10-18)21(19,20)17(8-11-1-2-11)9-12-3-4-12/h5-7,11-12,18H,1-4,8-10H2. The molecule has 2 saturated carbocycles. The highest BCUT2D eigenvalue weighted by molar-refractivity contribution is 7.89. The Morgan fingerprint density at radius 3 is 2.19 bits per heavy atom. The Kier molecular flexibility index (Phi) is 4.28. The number of sulfonamides is 1. The van der Waals surface area contributed by atoms with Crippen molar-refractivity contribution in [2.24, 2.45) is 11.8 Å². The van der Waals surface area contributed by atoms with E-state index in [2.05, 4.69) is 0 Å². The monoisotopic (exact) mass is 329 g/mol. The van der Waals surface area contributed by atoms with E-state index < -0.39 is 10.0 Å². The molecule has 0 aromatic heterocycles. The molecular formula is C15H20ClNO3S. The van der Waals surface area contributed by atoms with E-state index in [0.29, 0.717) is 35.5 Å². The summed E-state index contributed by atoms with van der Waals surface area (Å²) in [6.07, 6.45) is 4.50. The van der Waals surface area contributed by atoms with Gasteiger partial charge in [0.25, 0.3) is 0 Å². The van der Waals surface area contributed by atoms with Gasteiger partial charge in [-0.05, 0) is 61.3 Å². The summed E-state index contributed by atoms with van der Waals surface area (Å²) in [5.41, 5.74) is 0.454. The molecule has 4 nitrogen and oxygen atoms in total. The molecule has 0 atom stereocenters. The minimum atomic E-state index is -3.50. The first kappa shape index (κ1) is 15.3. The molecule has 2 aliphatic carbocycles. The van der Waals surface area contributed by atoms with Crippen LogP contribution in [0.15, 0.2) is 23.1 Å². The molecule has 0 bridgehead atoms. The van der Waals surface area contributed by atoms with Crippen LogP contribution in [0.5, 0.6) is 0 Å². The highest BCUT2D eigenvalue weighted by Crippen LogP contribution is 2.36. The molecule has 1 aromatic rings. The third-order valence-corrected chi connectivity index (χ3v) is 6.34. The second kappa shape index (κ2) is 5.88. The third kappa shape index (κ3) is 3.59. The van der Waals surface area contributed by atoms with Crippen molar-refractivity contribution >= 4 is 21.6 Å². The van der Waals surface area contributed by atoms with Crippen LogP contribution in [0.4, 0.5) is 0 Å². The molecular weight excluding hydrogens is 310 g/mol. The van der Waals surface area contributed by atoms with Gasteiger partial charge in [0.1, 0.15) is 0 Å². The SMILES string of the molecule is O=S(=O)(c1ccc(Cl)c(CO)c1)N(CC1CC1)CC1CC1. The summed E-state index contributed by atoms with van der Waals surface area (Å²) in [5.74, 6) is 1.03. The van der Waals surface area contributed by atoms with Crippen LogP contribution in [0.1, 0.15) is 31.2 Å². The van der Waals surface area contributed by atoms with Gasteiger partial charge in [-0.3, -0.25) is 0 Å². The van der Waals surface area contributed by atoms with Crippen molar-refractivity contribution in [1.29, 1.82) is 0 Å². The maximum atomic E-state index is 12.8. The molecule has 0 unspecified atom stereocenters. The molecule has 0 amide bonds. The number of rotatable bonds is 7. The molecule has 21 heavy (non-hydrogen) atoms. The summed E-state index contributed by atoms with van der Waals surface area (Å²) >= 11 is 5.95. The van der Waals surface area contributed by atoms with Crippen LogP contribution in [0.2, 0.25) is 5.02 Å². The minimum absolute atomic E-state index is 0.234. The molecule has 2 aliphatic rings. The van der Waals surface area contributed by atoms with Gasteiger partial charge in [-0.25, -0.2) is 8.42 Å². The number of aliphatic hydroxyl groups excluding tert-OH is 1. The molecule has 3 rings (SSSR count). The van der Waals surface area contributed by atoms with Crippen molar-refractivity contribution in [3.8, 4) is 0 Å². The predicted molar refractivity (Wildman–Crippen MR) is 81.6 cm³/mol. The van der Waals surface area contributed by atoms with Crippen molar-refractivity contribution < 1.29 is 13.5 Å². The van der Waals surface area contributed by atoms with E-state index in [9.17, 15) is 13.5 Å². The van der Waals surface area contributed by atoms with Crippen LogP contribution in [0.25, 0.3) is 0 Å². The van der Waals surface area contributed by atoms with E-state index >= 15 is 0 Å². The summed E-state index contributed by atoms with van der Waals surface area (Å²) in [6.45, 7) is 0.985. The number of hydrogen-bond acceptors (Lipinski definition) is 3. The first-order valence-electron chi connectivity index (χ1n) is 7.40. The molecule has 0 aliphatic heterocycles. The number of hydrogen-bond donors (Lipinski definition) is 1. The zero-order valence-electron chi connectivity index (χ0n) is 11.8. The zero-order valence-corrected chi connectivity index (χ0v) is 13.4. The average molecular weight is 330 g/mol. The van der Waals surface area contributed by atoms with Crippen LogP contribution in [-0.4, -0.2) is 30.9 Å². The summed E-state index contributed by atoms with van der Waals surface area (Å²) in [5, 5.41) is 9.66. The fourth-order valence-corrected chi connectivity index (χ4v) is 4.25. The van der Waals surface area contributed by atoms with Crippen molar-refractivity contribution in [3.05, 3.63) is 28.8 Å². The Labute approximate surface area is 130 Å². The van der Waals surface area contributed by atoms with Gasteiger partial charge in [0.05, 0.1) is 11.5 Å². The number of aliphatic hydroxyl groups is 1. The lowest BCUT2D eigenvalue weighted by atomic mass is 10.2. The normalized spacial score (nSPS) is 19.2. The van der Waals surface area contributed by atoms with Crippen molar-refractivity contribution in [2.75, 3.05) is 13.1 Å². The van der Waals surface area contributed by atoms with Crippen molar-refractivity contribution in [1.82, 2.24) is 4.31 Å². The van der Waals surface area contributed by atoms with Gasteiger partial charge < -0.3 is 5.11 Å². The lowest BCUT2D eigenvalue weighted by Crippen LogP contribution is -2.34. The largest absolute Gasteiger partial charge is 0.392 e. The van der Waals surface area contributed by atoms with Crippen LogP contribution in [-0.2, 0) is 16.6 Å². The Bertz CT molecular complexity index is 610. The topological polar surface area (TPSA) is 57.6 Å². The summed E-state index contributed by atoms with van der Waals surface area (Å²) in [6, 6.07) is 4.57. The fraction of sp³-hybridized carbons (Fsp3) is 0.600. The fourth-order valence-electron chi connectivity index (χ4n) is 2.43. The molecule has 0 heterocycles. The first-order valence-corrected chi connectivity index (χ1v) is 9.22. The van der Waals surface area contributed by atoms with E-state index in [1.54, 1.807) is 10.4 Å². The van der Waals surface area contributed by atoms with Crippen molar-refractivity contribution in [2.45, 2.75) is 37.2 Å². The van der Waals surface area contributed by atoms with Gasteiger partial charge >= 0.3 is 0 Å². The van der Waals surface area contributed by atoms with Crippen LogP contribution >= 0.6 is 11.6 Å². The van der Waals surface area contributed by atoms with Gasteiger partial charge in [-0.15, -0.1) is 0 Å². The minimum Gasteiger partial charge on any atom is -0.392 e. The van der Waals surface area contributed by atoms with Gasteiger partial charge in [0.2, 0.25) is 10.0 Å². The van der Waals surface area contributed by atoms with Crippen molar-refractivity contribution in [3.63, 3.8) is 0 Å². The molecule has 2 fully saturated rings. The lowest BCUT2D eigenvalue weighted by Gasteiger charge is -2.22. The Morgan fingerprint density at radius 1 is 1.14 bits per heavy atom. The maximum Gasteiger partial charge on any atom is 0.243 e. The zero-order chi connectivity index (χ0) is 15.0. The smallest absolute Gasteiger partial charge is 0.243 e. The quantitative estimate of drug-likeness (QED) is 0.836. The summed E-state index contributed by atoms with van der Waals surface area (Å²) < 4.78 is 27.3. The highest BCUT2D eigenvalue weighted by atomic mass is 35.5. The molecule has 0 radical (unpaired) electrons. The van der Waals surface area contributed by atoms with E-state index in [4.69, 9.17) is 11.6 Å². The van der Waals surface area contributed by atoms with Gasteiger partial charge in [-0.1, -0.05) is 11.6 Å². The van der Waals surface area contributed by atoms with Gasteiger partial charge in [0.15, 0.2) is 0 Å². The van der Waals surface area contributed by atoms with Gasteiger partial charge in [0, 0.05) is 18.1 Å². The molecule has 0 saturated heterocycles. The lowest BCUT2D eigenvalue weighted by molar-refractivity contribution is 0.281. The maximum absolute atomic E-state index is 12.8. The summed E-state index contributed by atoms with van der Waals surface area (Å²) in [4.78, 5) is 0.234. The Hall–Kier alpha value is -0.620. The Balaban J connectivity index is 1.87. The highest BCUT2D eigenvalue weighted by Gasteiger charge is 2.35. The summed E-state index contributed by atoms with van der Waals surface area (Å²) in [7, 11) is -3.50. The van der Waals surface area contributed by atoms with Crippen LogP contribution in [0.3, 0.4) is 0 Å². The van der Waals surface area contributed by atoms with E-state index in [-0.39, 0.29) is 11.5 Å². The van der Waals surface area contributed by atoms with Crippen LogP contribution in [0, 0.1) is 11.8 Å². The third-order valence-electron chi connectivity index (χ3n) is 4.14. The Morgan fingerprint density at radius 2 is 1.71 bits per heavy atom. The second-order valence-electron chi connectivity index (χ2n) is 6.12. The molecule has 116 valence electrons. The average Bonchev–Trinajstić information content (AvgIpc) is 3.33. The number of benzene rings is 1. The molecule has 1 aromatic carbocycles. The first-order chi connectivity index (χ1) is 10.0. The molecule has 6 heteroatoms. The van der Waals surface area contributed by atoms with Crippen LogP contribution < -0.4 is 0 Å². The molecule has 1 N–H and O–H groups in total. The number of halogens is 1. The van der Waals surface area contributed by atoms with E-state index in [1.165, 1.54) is 12.1 Å². The number of nitrogens with zero attached hydrogens (tertiary/aromatic N) is 1. The van der Waals surface area contributed by atoms with E-state index in [0.717, 1.165) is 25.7 Å². The second-order valence-corrected chi connectivity index (χ2v) is 8.47. The molecule has 0 spiro atoms.